The minimum atomic E-state index is -0.354. The summed E-state index contributed by atoms with van der Waals surface area (Å²) in [5.74, 6) is 1.27. The van der Waals surface area contributed by atoms with E-state index >= 15 is 0 Å². The second-order valence-corrected chi connectivity index (χ2v) is 5.41. The molecule has 0 aliphatic rings. The zero-order valence-electron chi connectivity index (χ0n) is 11.4. The molecule has 0 radical (unpaired) electrons. The van der Waals surface area contributed by atoms with Crippen LogP contribution in [0.25, 0.3) is 0 Å². The molecular formula is C14H16BrFN4. The van der Waals surface area contributed by atoms with Crippen molar-refractivity contribution in [2.24, 2.45) is 0 Å². The lowest BCUT2D eigenvalue weighted by molar-refractivity contribution is 0.631. The Morgan fingerprint density at radius 1 is 1.35 bits per heavy atom. The molecule has 0 amide bonds. The van der Waals surface area contributed by atoms with Crippen molar-refractivity contribution >= 4 is 33.3 Å². The summed E-state index contributed by atoms with van der Waals surface area (Å²) in [6.45, 7) is 3.85. The summed E-state index contributed by atoms with van der Waals surface area (Å²) in [7, 11) is 0. The first-order chi connectivity index (χ1) is 9.51. The Kier molecular flexibility index (Phi) is 4.54. The average molecular weight is 339 g/mol. The Bertz CT molecular complexity index is 631. The Morgan fingerprint density at radius 2 is 2.10 bits per heavy atom. The van der Waals surface area contributed by atoms with Crippen LogP contribution in [0.1, 0.15) is 24.7 Å². The van der Waals surface area contributed by atoms with Gasteiger partial charge in [0.15, 0.2) is 0 Å². The fraction of sp³-hybridized carbons (Fsp3) is 0.286. The van der Waals surface area contributed by atoms with Crippen LogP contribution >= 0.6 is 15.9 Å². The second kappa shape index (κ2) is 6.17. The molecule has 1 aromatic carbocycles. The number of nitrogen functional groups attached to an aromatic ring is 1. The molecule has 106 valence electrons. The predicted octanol–water partition coefficient (Wildman–Crippen LogP) is 3.96. The van der Waals surface area contributed by atoms with E-state index in [0.717, 1.165) is 12.8 Å². The molecule has 0 aliphatic carbocycles. The number of hydrogen-bond donors (Lipinski definition) is 2. The Labute approximate surface area is 125 Å². The molecule has 2 rings (SSSR count). The van der Waals surface area contributed by atoms with Crippen LogP contribution in [-0.4, -0.2) is 9.97 Å². The highest BCUT2D eigenvalue weighted by Crippen LogP contribution is 2.25. The lowest BCUT2D eigenvalue weighted by Crippen LogP contribution is -2.07. The molecule has 0 spiro atoms. The SMILES string of the molecule is CCCc1nc(N)c(C)c(Nc2ccc(Br)cc2F)n1. The normalized spacial score (nSPS) is 10.6. The summed E-state index contributed by atoms with van der Waals surface area (Å²) in [5, 5.41) is 2.98. The van der Waals surface area contributed by atoms with Gasteiger partial charge in [-0.15, -0.1) is 0 Å². The van der Waals surface area contributed by atoms with Gasteiger partial charge in [0.2, 0.25) is 0 Å². The molecule has 0 fully saturated rings. The van der Waals surface area contributed by atoms with Crippen LogP contribution in [0.4, 0.5) is 21.7 Å². The number of anilines is 3. The summed E-state index contributed by atoms with van der Waals surface area (Å²) in [6.07, 6.45) is 1.66. The molecule has 1 heterocycles. The number of nitrogens with zero attached hydrogens (tertiary/aromatic N) is 2. The van der Waals surface area contributed by atoms with Crippen LogP contribution in [0.5, 0.6) is 0 Å². The van der Waals surface area contributed by atoms with Gasteiger partial charge in [-0.25, -0.2) is 14.4 Å². The van der Waals surface area contributed by atoms with Crippen LogP contribution in [-0.2, 0) is 6.42 Å². The highest BCUT2D eigenvalue weighted by atomic mass is 79.9. The molecule has 1 aromatic heterocycles. The number of rotatable bonds is 4. The maximum atomic E-state index is 13.8. The molecule has 0 bridgehead atoms. The standard InChI is InChI=1S/C14H16BrFN4/c1-3-4-12-19-13(17)8(2)14(20-12)18-11-6-5-9(15)7-10(11)16/h5-7H,3-4H2,1-2H3,(H3,17,18,19,20). The van der Waals surface area contributed by atoms with Gasteiger partial charge in [0.1, 0.15) is 23.3 Å². The van der Waals surface area contributed by atoms with Gasteiger partial charge in [-0.1, -0.05) is 22.9 Å². The van der Waals surface area contributed by atoms with Crippen LogP contribution in [0.2, 0.25) is 0 Å². The number of nitrogens with two attached hydrogens (primary N) is 1. The van der Waals surface area contributed by atoms with E-state index in [4.69, 9.17) is 5.73 Å². The van der Waals surface area contributed by atoms with Gasteiger partial charge in [-0.3, -0.25) is 0 Å². The molecule has 0 atom stereocenters. The van der Waals surface area contributed by atoms with Crippen molar-refractivity contribution in [2.75, 3.05) is 11.1 Å². The van der Waals surface area contributed by atoms with Crippen molar-refractivity contribution in [3.05, 3.63) is 39.9 Å². The van der Waals surface area contributed by atoms with Crippen LogP contribution < -0.4 is 11.1 Å². The smallest absolute Gasteiger partial charge is 0.147 e. The monoisotopic (exact) mass is 338 g/mol. The Balaban J connectivity index is 2.37. The lowest BCUT2D eigenvalue weighted by Gasteiger charge is -2.12. The Morgan fingerprint density at radius 3 is 2.75 bits per heavy atom. The third-order valence-corrected chi connectivity index (χ3v) is 3.38. The van der Waals surface area contributed by atoms with Crippen molar-refractivity contribution < 1.29 is 4.39 Å². The molecule has 0 unspecified atom stereocenters. The van der Waals surface area contributed by atoms with Crippen molar-refractivity contribution in [1.29, 1.82) is 0 Å². The van der Waals surface area contributed by atoms with Crippen LogP contribution in [0, 0.1) is 12.7 Å². The molecule has 0 saturated heterocycles. The summed E-state index contributed by atoms with van der Waals surface area (Å²) < 4.78 is 14.5. The second-order valence-electron chi connectivity index (χ2n) is 4.50. The number of benzene rings is 1. The van der Waals surface area contributed by atoms with Crippen LogP contribution in [0.15, 0.2) is 22.7 Å². The van der Waals surface area contributed by atoms with E-state index in [2.05, 4.69) is 31.2 Å². The highest BCUT2D eigenvalue weighted by Gasteiger charge is 2.11. The third-order valence-electron chi connectivity index (χ3n) is 2.89. The fourth-order valence-electron chi connectivity index (χ4n) is 1.76. The number of hydrogen-bond acceptors (Lipinski definition) is 4. The molecule has 3 N–H and O–H groups in total. The lowest BCUT2D eigenvalue weighted by atomic mass is 10.2. The summed E-state index contributed by atoms with van der Waals surface area (Å²) >= 11 is 3.23. The van der Waals surface area contributed by atoms with E-state index in [0.29, 0.717) is 33.2 Å². The zero-order chi connectivity index (χ0) is 14.7. The van der Waals surface area contributed by atoms with E-state index in [1.807, 2.05) is 13.8 Å². The number of aryl methyl sites for hydroxylation is 1. The van der Waals surface area contributed by atoms with Crippen molar-refractivity contribution in [2.45, 2.75) is 26.7 Å². The molecule has 0 saturated carbocycles. The highest BCUT2D eigenvalue weighted by molar-refractivity contribution is 9.10. The average Bonchev–Trinajstić information content (AvgIpc) is 2.39. The molecule has 20 heavy (non-hydrogen) atoms. The first-order valence-electron chi connectivity index (χ1n) is 6.36. The first-order valence-corrected chi connectivity index (χ1v) is 7.15. The fourth-order valence-corrected chi connectivity index (χ4v) is 2.09. The van der Waals surface area contributed by atoms with Crippen molar-refractivity contribution in [1.82, 2.24) is 9.97 Å². The first kappa shape index (κ1) is 14.7. The summed E-state index contributed by atoms with van der Waals surface area (Å²) in [4.78, 5) is 8.63. The molecule has 2 aromatic rings. The topological polar surface area (TPSA) is 63.8 Å². The zero-order valence-corrected chi connectivity index (χ0v) is 13.0. The quantitative estimate of drug-likeness (QED) is 0.885. The van der Waals surface area contributed by atoms with Gasteiger partial charge in [-0.2, -0.15) is 0 Å². The Hall–Kier alpha value is -1.69. The number of aromatic nitrogens is 2. The summed E-state index contributed by atoms with van der Waals surface area (Å²) in [5.41, 5.74) is 6.95. The maximum absolute atomic E-state index is 13.8. The van der Waals surface area contributed by atoms with Crippen LogP contribution in [0.3, 0.4) is 0 Å². The van der Waals surface area contributed by atoms with Gasteiger partial charge >= 0.3 is 0 Å². The van der Waals surface area contributed by atoms with Gasteiger partial charge < -0.3 is 11.1 Å². The van der Waals surface area contributed by atoms with Gasteiger partial charge in [-0.05, 0) is 31.5 Å². The number of halogens is 2. The van der Waals surface area contributed by atoms with Crippen molar-refractivity contribution in [3.8, 4) is 0 Å². The van der Waals surface area contributed by atoms with E-state index in [-0.39, 0.29) is 5.82 Å². The number of nitrogens with one attached hydrogen (secondary N) is 1. The van der Waals surface area contributed by atoms with E-state index < -0.39 is 0 Å². The molecule has 6 heteroatoms. The largest absolute Gasteiger partial charge is 0.383 e. The van der Waals surface area contributed by atoms with Gasteiger partial charge in [0.05, 0.1) is 5.69 Å². The van der Waals surface area contributed by atoms with E-state index in [1.165, 1.54) is 6.07 Å². The van der Waals surface area contributed by atoms with Crippen molar-refractivity contribution in [3.63, 3.8) is 0 Å². The third kappa shape index (κ3) is 3.25. The molecular weight excluding hydrogens is 323 g/mol. The molecule has 4 nitrogen and oxygen atoms in total. The van der Waals surface area contributed by atoms with Gasteiger partial charge in [0, 0.05) is 16.5 Å². The maximum Gasteiger partial charge on any atom is 0.147 e. The van der Waals surface area contributed by atoms with E-state index in [1.54, 1.807) is 12.1 Å². The summed E-state index contributed by atoms with van der Waals surface area (Å²) in [6, 6.07) is 4.81. The molecule has 0 aliphatic heterocycles. The van der Waals surface area contributed by atoms with E-state index in [9.17, 15) is 4.39 Å². The minimum absolute atomic E-state index is 0.354. The van der Waals surface area contributed by atoms with Gasteiger partial charge in [0.25, 0.3) is 0 Å². The predicted molar refractivity (Wildman–Crippen MR) is 82.6 cm³/mol. The minimum Gasteiger partial charge on any atom is -0.383 e.